The van der Waals surface area contributed by atoms with Gasteiger partial charge < -0.3 is 10.0 Å². The first kappa shape index (κ1) is 29.4. The summed E-state index contributed by atoms with van der Waals surface area (Å²) in [6.07, 6.45) is 7.32. The van der Waals surface area contributed by atoms with Crippen LogP contribution in [-0.2, 0) is 17.4 Å². The number of fused-ring (bicyclic) bond motifs is 1. The number of carbonyl (C=O) groups is 2. The molecule has 3 heterocycles. The second-order valence-corrected chi connectivity index (χ2v) is 11.1. The Balaban J connectivity index is 1.38. The minimum Gasteiger partial charge on any atom is -0.481 e. The Labute approximate surface area is 242 Å². The van der Waals surface area contributed by atoms with Crippen molar-refractivity contribution in [3.8, 4) is 11.3 Å². The van der Waals surface area contributed by atoms with E-state index in [1.807, 2.05) is 4.90 Å². The standard InChI is InChI=1S/C32H33F3N4O3/c1-20-6-2-3-7-24(20)21-14-16-39(17-15-21)31(42)22-10-12-25-27(18-22)37-26(8-4-5-9-29(40)41)30(38-25)23-11-13-28(36-19-23)32(33,34)35/h2-3,7,10-13,18-21H,4-6,8-9,14-17H2,1H3,(H,40,41). The van der Waals surface area contributed by atoms with Crippen molar-refractivity contribution < 1.29 is 27.9 Å². The van der Waals surface area contributed by atoms with Gasteiger partial charge in [0.25, 0.3) is 5.91 Å². The predicted octanol–water partition coefficient (Wildman–Crippen LogP) is 6.88. The lowest BCUT2D eigenvalue weighted by molar-refractivity contribution is -0.141. The summed E-state index contributed by atoms with van der Waals surface area (Å²) in [5, 5.41) is 8.99. The van der Waals surface area contributed by atoms with Gasteiger partial charge in [0.1, 0.15) is 5.69 Å². The molecule has 0 bridgehead atoms. The number of carboxylic acid groups (broad SMARTS) is 1. The zero-order chi connectivity index (χ0) is 29.9. The number of amides is 1. The molecule has 1 saturated heterocycles. The third-order valence-corrected chi connectivity index (χ3v) is 8.10. The van der Waals surface area contributed by atoms with Crippen LogP contribution in [0, 0.1) is 11.8 Å². The van der Waals surface area contributed by atoms with E-state index in [4.69, 9.17) is 15.1 Å². The van der Waals surface area contributed by atoms with Gasteiger partial charge in [0, 0.05) is 36.8 Å². The molecular formula is C32H33F3N4O3. The van der Waals surface area contributed by atoms with Gasteiger partial charge in [0.15, 0.2) is 0 Å². The van der Waals surface area contributed by atoms with Crippen LogP contribution < -0.4 is 0 Å². The lowest BCUT2D eigenvalue weighted by Crippen LogP contribution is -2.39. The zero-order valence-electron chi connectivity index (χ0n) is 23.4. The summed E-state index contributed by atoms with van der Waals surface area (Å²) in [5.41, 5.74) is 3.26. The van der Waals surface area contributed by atoms with Crippen LogP contribution >= 0.6 is 0 Å². The van der Waals surface area contributed by atoms with Crippen LogP contribution in [0.1, 0.15) is 67.2 Å². The fourth-order valence-electron chi connectivity index (χ4n) is 5.80. The number of halogens is 3. The minimum absolute atomic E-state index is 0.000414. The summed E-state index contributed by atoms with van der Waals surface area (Å²) >= 11 is 0. The first-order valence-electron chi connectivity index (χ1n) is 14.3. The quantitative estimate of drug-likeness (QED) is 0.293. The monoisotopic (exact) mass is 578 g/mol. The van der Waals surface area contributed by atoms with Gasteiger partial charge in [-0.3, -0.25) is 14.6 Å². The lowest BCUT2D eigenvalue weighted by Gasteiger charge is -2.35. The molecule has 1 aromatic carbocycles. The number of hydrogen-bond acceptors (Lipinski definition) is 5. The number of alkyl halides is 3. The second-order valence-electron chi connectivity index (χ2n) is 11.1. The molecule has 1 unspecified atom stereocenters. The maximum atomic E-state index is 13.4. The smallest absolute Gasteiger partial charge is 0.433 e. The topological polar surface area (TPSA) is 96.3 Å². The number of aliphatic carboxylic acids is 1. The molecule has 0 spiro atoms. The van der Waals surface area contributed by atoms with Crippen molar-refractivity contribution in [1.82, 2.24) is 19.9 Å². The molecule has 0 radical (unpaired) electrons. The summed E-state index contributed by atoms with van der Waals surface area (Å²) in [6, 6.07) is 7.35. The van der Waals surface area contributed by atoms with Gasteiger partial charge in [-0.1, -0.05) is 30.7 Å². The molecule has 2 aromatic heterocycles. The van der Waals surface area contributed by atoms with E-state index in [9.17, 15) is 22.8 Å². The van der Waals surface area contributed by atoms with E-state index < -0.39 is 17.8 Å². The fourth-order valence-corrected chi connectivity index (χ4v) is 5.80. The van der Waals surface area contributed by atoms with Crippen molar-refractivity contribution in [2.45, 2.75) is 58.0 Å². The molecule has 5 rings (SSSR count). The van der Waals surface area contributed by atoms with E-state index in [0.717, 1.165) is 31.5 Å². The van der Waals surface area contributed by atoms with Gasteiger partial charge in [-0.05, 0) is 80.7 Å². The molecule has 42 heavy (non-hydrogen) atoms. The number of hydrogen-bond donors (Lipinski definition) is 1. The maximum Gasteiger partial charge on any atom is 0.433 e. The number of carboxylic acids is 1. The van der Waals surface area contributed by atoms with Crippen molar-refractivity contribution in [3.63, 3.8) is 0 Å². The van der Waals surface area contributed by atoms with Crippen LogP contribution in [0.2, 0.25) is 0 Å². The molecular weight excluding hydrogens is 545 g/mol. The van der Waals surface area contributed by atoms with E-state index in [1.54, 1.807) is 18.2 Å². The Morgan fingerprint density at radius 2 is 1.83 bits per heavy atom. The summed E-state index contributed by atoms with van der Waals surface area (Å²) in [5.74, 6) is 0.0450. The van der Waals surface area contributed by atoms with Crippen molar-refractivity contribution in [2.75, 3.05) is 13.1 Å². The Hall–Kier alpha value is -4.08. The van der Waals surface area contributed by atoms with Gasteiger partial charge in [0.05, 0.1) is 22.4 Å². The molecule has 0 saturated carbocycles. The van der Waals surface area contributed by atoms with Crippen LogP contribution in [0.3, 0.4) is 0 Å². The first-order valence-corrected chi connectivity index (χ1v) is 14.3. The van der Waals surface area contributed by atoms with Crippen LogP contribution in [0.25, 0.3) is 22.3 Å². The van der Waals surface area contributed by atoms with Crippen LogP contribution in [-0.4, -0.2) is 49.9 Å². The molecule has 1 aliphatic heterocycles. The van der Waals surface area contributed by atoms with Gasteiger partial charge in [-0.2, -0.15) is 13.2 Å². The molecule has 1 N–H and O–H groups in total. The Morgan fingerprint density at radius 3 is 2.50 bits per heavy atom. The number of piperidine rings is 1. The van der Waals surface area contributed by atoms with Crippen molar-refractivity contribution in [2.24, 2.45) is 11.8 Å². The van der Waals surface area contributed by atoms with E-state index in [1.165, 1.54) is 11.6 Å². The number of aryl methyl sites for hydroxylation is 1. The van der Waals surface area contributed by atoms with Gasteiger partial charge >= 0.3 is 12.1 Å². The first-order chi connectivity index (χ1) is 20.1. The molecule has 1 fully saturated rings. The third-order valence-electron chi connectivity index (χ3n) is 8.10. The number of nitrogens with zero attached hydrogens (tertiary/aromatic N) is 4. The van der Waals surface area contributed by atoms with Crippen LogP contribution in [0.4, 0.5) is 13.2 Å². The zero-order valence-corrected chi connectivity index (χ0v) is 23.4. The number of unbranched alkanes of at least 4 members (excludes halogenated alkanes) is 1. The average Bonchev–Trinajstić information content (AvgIpc) is 2.98. The number of likely N-dealkylation sites (tertiary alicyclic amines) is 1. The normalized spacial score (nSPS) is 17.9. The number of allylic oxidation sites excluding steroid dienone is 4. The fraction of sp³-hybridized carbons (Fsp3) is 0.406. The highest BCUT2D eigenvalue weighted by Crippen LogP contribution is 2.34. The molecule has 3 aromatic rings. The number of benzene rings is 1. The molecule has 2 aliphatic rings. The van der Waals surface area contributed by atoms with Gasteiger partial charge in [0.2, 0.25) is 0 Å². The molecule has 7 nitrogen and oxygen atoms in total. The molecule has 1 aliphatic carbocycles. The number of pyridine rings is 1. The Morgan fingerprint density at radius 1 is 1.05 bits per heavy atom. The van der Waals surface area contributed by atoms with Gasteiger partial charge in [-0.25, -0.2) is 9.97 Å². The number of rotatable bonds is 8. The molecule has 1 atom stereocenters. The SMILES string of the molecule is CC1CC=CC=C1C1CCN(C(=O)c2ccc3nc(-c4ccc(C(F)(F)F)nc4)c(CCCCC(=O)O)nc3c2)CC1. The van der Waals surface area contributed by atoms with Crippen molar-refractivity contribution in [1.29, 1.82) is 0 Å². The average molecular weight is 579 g/mol. The van der Waals surface area contributed by atoms with Crippen molar-refractivity contribution in [3.05, 3.63) is 77.3 Å². The van der Waals surface area contributed by atoms with Crippen LogP contribution in [0.15, 0.2) is 60.3 Å². The molecule has 10 heteroatoms. The van der Waals surface area contributed by atoms with Crippen molar-refractivity contribution >= 4 is 22.9 Å². The van der Waals surface area contributed by atoms with E-state index >= 15 is 0 Å². The summed E-state index contributed by atoms with van der Waals surface area (Å²) in [7, 11) is 0. The van der Waals surface area contributed by atoms with E-state index in [-0.39, 0.29) is 12.3 Å². The molecule has 220 valence electrons. The number of aromatic nitrogens is 3. The van der Waals surface area contributed by atoms with E-state index in [0.29, 0.717) is 77.7 Å². The predicted molar refractivity (Wildman–Crippen MR) is 153 cm³/mol. The maximum absolute atomic E-state index is 13.4. The highest BCUT2D eigenvalue weighted by molar-refractivity contribution is 5.97. The lowest BCUT2D eigenvalue weighted by atomic mass is 9.79. The Kier molecular flexibility index (Phi) is 8.70. The Bertz CT molecular complexity index is 1520. The molecule has 1 amide bonds. The largest absolute Gasteiger partial charge is 0.481 e. The highest BCUT2D eigenvalue weighted by atomic mass is 19.4. The number of carbonyl (C=O) groups excluding carboxylic acids is 1. The minimum atomic E-state index is -4.56. The van der Waals surface area contributed by atoms with Gasteiger partial charge in [-0.15, -0.1) is 0 Å². The summed E-state index contributed by atoms with van der Waals surface area (Å²) in [6.45, 7) is 3.61. The summed E-state index contributed by atoms with van der Waals surface area (Å²) < 4.78 is 39.2. The summed E-state index contributed by atoms with van der Waals surface area (Å²) in [4.78, 5) is 39.3. The van der Waals surface area contributed by atoms with Crippen LogP contribution in [0.5, 0.6) is 0 Å². The highest BCUT2D eigenvalue weighted by Gasteiger charge is 2.32. The third kappa shape index (κ3) is 6.69. The van der Waals surface area contributed by atoms with E-state index in [2.05, 4.69) is 30.1 Å². The second kappa shape index (κ2) is 12.4.